The van der Waals surface area contributed by atoms with Crippen LogP contribution in [0.15, 0.2) is 18.3 Å². The molecule has 0 unspecified atom stereocenters. The number of nitro groups is 1. The molecule has 1 aliphatic heterocycles. The quantitative estimate of drug-likeness (QED) is 0.660. The maximum atomic E-state index is 10.9. The van der Waals surface area contributed by atoms with Gasteiger partial charge in [0.1, 0.15) is 5.82 Å². The van der Waals surface area contributed by atoms with E-state index >= 15 is 0 Å². The topological polar surface area (TPSA) is 71.3 Å². The average molecular weight is 278 g/mol. The number of hydrogen-bond acceptors (Lipinski definition) is 5. The number of nitrogens with zero attached hydrogens (tertiary/aromatic N) is 3. The summed E-state index contributed by atoms with van der Waals surface area (Å²) in [4.78, 5) is 17.0. The summed E-state index contributed by atoms with van der Waals surface area (Å²) in [5.74, 6) is 1.33. The number of pyridine rings is 1. The highest BCUT2D eigenvalue weighted by Crippen LogP contribution is 2.23. The summed E-state index contributed by atoms with van der Waals surface area (Å²) in [5.41, 5.74) is 0.103. The molecule has 20 heavy (non-hydrogen) atoms. The van der Waals surface area contributed by atoms with Crippen molar-refractivity contribution in [1.82, 2.24) is 10.3 Å². The van der Waals surface area contributed by atoms with Crippen molar-refractivity contribution in [2.24, 2.45) is 5.92 Å². The summed E-state index contributed by atoms with van der Waals surface area (Å²) in [6.45, 7) is 7.22. The number of hydrogen-bond donors (Lipinski definition) is 1. The predicted octanol–water partition coefficient (Wildman–Crippen LogP) is 2.20. The second kappa shape index (κ2) is 6.65. The van der Waals surface area contributed by atoms with E-state index in [4.69, 9.17) is 0 Å². The van der Waals surface area contributed by atoms with E-state index in [1.54, 1.807) is 6.07 Å². The van der Waals surface area contributed by atoms with Crippen LogP contribution >= 0.6 is 0 Å². The fourth-order valence-electron chi connectivity index (χ4n) is 2.59. The van der Waals surface area contributed by atoms with Gasteiger partial charge in [-0.05, 0) is 45.7 Å². The Morgan fingerprint density at radius 2 is 2.20 bits per heavy atom. The summed E-state index contributed by atoms with van der Waals surface area (Å²) >= 11 is 0. The molecular weight excluding hydrogens is 256 g/mol. The van der Waals surface area contributed by atoms with E-state index < -0.39 is 0 Å². The number of rotatable bonds is 5. The Hall–Kier alpha value is -1.69. The molecule has 0 spiro atoms. The second-order valence-electron chi connectivity index (χ2n) is 5.57. The first-order valence-corrected chi connectivity index (χ1v) is 7.15. The van der Waals surface area contributed by atoms with Gasteiger partial charge in [0, 0.05) is 24.8 Å². The molecule has 0 aromatic carbocycles. The van der Waals surface area contributed by atoms with Crippen LogP contribution in [-0.4, -0.2) is 35.6 Å². The molecule has 1 N–H and O–H groups in total. The number of nitrogens with one attached hydrogen (secondary N) is 1. The zero-order chi connectivity index (χ0) is 14.5. The van der Waals surface area contributed by atoms with E-state index in [-0.39, 0.29) is 16.7 Å². The van der Waals surface area contributed by atoms with Crippen LogP contribution in [0.3, 0.4) is 0 Å². The number of anilines is 1. The first kappa shape index (κ1) is 14.7. The fraction of sp³-hybridized carbons (Fsp3) is 0.643. The Kier molecular flexibility index (Phi) is 4.89. The minimum absolute atomic E-state index is 0.103. The molecule has 1 aromatic heterocycles. The van der Waals surface area contributed by atoms with Gasteiger partial charge >= 0.3 is 0 Å². The normalized spacial score (nSPS) is 16.4. The number of aromatic nitrogens is 1. The molecule has 1 fully saturated rings. The molecule has 110 valence electrons. The van der Waals surface area contributed by atoms with Gasteiger partial charge in [0.25, 0.3) is 5.69 Å². The zero-order valence-corrected chi connectivity index (χ0v) is 12.1. The van der Waals surface area contributed by atoms with Gasteiger partial charge in [0.05, 0.1) is 11.0 Å². The van der Waals surface area contributed by atoms with Crippen molar-refractivity contribution in [3.8, 4) is 0 Å². The zero-order valence-electron chi connectivity index (χ0n) is 12.1. The highest BCUT2D eigenvalue weighted by Gasteiger charge is 2.21. The monoisotopic (exact) mass is 278 g/mol. The molecule has 0 aliphatic carbocycles. The van der Waals surface area contributed by atoms with Crippen molar-refractivity contribution in [2.45, 2.75) is 32.7 Å². The van der Waals surface area contributed by atoms with Crippen LogP contribution in [0.1, 0.15) is 26.7 Å². The van der Waals surface area contributed by atoms with E-state index in [2.05, 4.69) is 29.0 Å². The third kappa shape index (κ3) is 3.66. The Bertz CT molecular complexity index is 458. The van der Waals surface area contributed by atoms with Crippen LogP contribution in [0.2, 0.25) is 0 Å². The molecule has 0 radical (unpaired) electrons. The van der Waals surface area contributed by atoms with Gasteiger partial charge in [-0.1, -0.05) is 0 Å². The highest BCUT2D eigenvalue weighted by molar-refractivity contribution is 5.47. The lowest BCUT2D eigenvalue weighted by atomic mass is 9.97. The summed E-state index contributed by atoms with van der Waals surface area (Å²) in [7, 11) is 0. The highest BCUT2D eigenvalue weighted by atomic mass is 16.6. The maximum Gasteiger partial charge on any atom is 0.274 e. The van der Waals surface area contributed by atoms with Crippen LogP contribution in [0.25, 0.3) is 0 Å². The molecule has 6 nitrogen and oxygen atoms in total. The Morgan fingerprint density at radius 3 is 2.80 bits per heavy atom. The Labute approximate surface area is 119 Å². The van der Waals surface area contributed by atoms with E-state index in [9.17, 15) is 10.1 Å². The lowest BCUT2D eigenvalue weighted by Gasteiger charge is -2.33. The van der Waals surface area contributed by atoms with Gasteiger partial charge < -0.3 is 10.2 Å². The van der Waals surface area contributed by atoms with Gasteiger partial charge in [0.15, 0.2) is 0 Å². The lowest BCUT2D eigenvalue weighted by molar-refractivity contribution is -0.384. The standard InChI is InChI=1S/C14H22N4O2/c1-11(2)17(10-12-3-6-15-7-4-12)14-9-13(18(19)20)5-8-16-14/h5,8-9,11-12,15H,3-4,6-7,10H2,1-2H3. The molecule has 6 heteroatoms. The second-order valence-corrected chi connectivity index (χ2v) is 5.57. The minimum atomic E-state index is -0.367. The minimum Gasteiger partial charge on any atom is -0.354 e. The predicted molar refractivity (Wildman–Crippen MR) is 79.0 cm³/mol. The van der Waals surface area contributed by atoms with Gasteiger partial charge in [-0.3, -0.25) is 10.1 Å². The summed E-state index contributed by atoms with van der Waals surface area (Å²) in [6.07, 6.45) is 3.82. The van der Waals surface area contributed by atoms with Crippen molar-refractivity contribution >= 4 is 11.5 Å². The lowest BCUT2D eigenvalue weighted by Crippen LogP contribution is -2.40. The van der Waals surface area contributed by atoms with Crippen molar-refractivity contribution in [1.29, 1.82) is 0 Å². The van der Waals surface area contributed by atoms with Gasteiger partial charge in [-0.15, -0.1) is 0 Å². The SMILES string of the molecule is CC(C)N(CC1CCNCC1)c1cc([N+](=O)[O-])ccn1. The first-order chi connectivity index (χ1) is 9.58. The molecule has 2 rings (SSSR count). The summed E-state index contributed by atoms with van der Waals surface area (Å²) in [6, 6.07) is 3.28. The van der Waals surface area contributed by atoms with Crippen molar-refractivity contribution in [3.63, 3.8) is 0 Å². The molecule has 0 atom stereocenters. The molecular formula is C14H22N4O2. The molecule has 0 amide bonds. The van der Waals surface area contributed by atoms with Crippen molar-refractivity contribution in [2.75, 3.05) is 24.5 Å². The summed E-state index contributed by atoms with van der Waals surface area (Å²) < 4.78 is 0. The van der Waals surface area contributed by atoms with Crippen LogP contribution in [0, 0.1) is 16.0 Å². The Balaban J connectivity index is 2.15. The van der Waals surface area contributed by atoms with E-state index in [0.717, 1.165) is 32.5 Å². The van der Waals surface area contributed by atoms with Crippen LogP contribution in [0.5, 0.6) is 0 Å². The molecule has 1 aliphatic rings. The van der Waals surface area contributed by atoms with Crippen LogP contribution in [-0.2, 0) is 0 Å². The smallest absolute Gasteiger partial charge is 0.274 e. The maximum absolute atomic E-state index is 10.9. The third-order valence-electron chi connectivity index (χ3n) is 3.77. The molecule has 2 heterocycles. The van der Waals surface area contributed by atoms with Gasteiger partial charge in [-0.2, -0.15) is 0 Å². The third-order valence-corrected chi connectivity index (χ3v) is 3.77. The van der Waals surface area contributed by atoms with E-state index in [0.29, 0.717) is 11.7 Å². The molecule has 0 saturated carbocycles. The number of piperidine rings is 1. The van der Waals surface area contributed by atoms with Gasteiger partial charge in [-0.25, -0.2) is 4.98 Å². The average Bonchev–Trinajstić information content (AvgIpc) is 2.45. The van der Waals surface area contributed by atoms with Crippen LogP contribution < -0.4 is 10.2 Å². The molecule has 0 bridgehead atoms. The summed E-state index contributed by atoms with van der Waals surface area (Å²) in [5, 5.41) is 14.2. The molecule has 1 aromatic rings. The van der Waals surface area contributed by atoms with E-state index in [1.807, 2.05) is 0 Å². The van der Waals surface area contributed by atoms with Crippen LogP contribution in [0.4, 0.5) is 11.5 Å². The Morgan fingerprint density at radius 1 is 1.50 bits per heavy atom. The molecule has 1 saturated heterocycles. The van der Waals surface area contributed by atoms with Crippen molar-refractivity contribution in [3.05, 3.63) is 28.4 Å². The van der Waals surface area contributed by atoms with E-state index in [1.165, 1.54) is 12.3 Å². The van der Waals surface area contributed by atoms with Crippen molar-refractivity contribution < 1.29 is 4.92 Å². The largest absolute Gasteiger partial charge is 0.354 e. The fourth-order valence-corrected chi connectivity index (χ4v) is 2.59. The first-order valence-electron chi connectivity index (χ1n) is 7.15. The van der Waals surface area contributed by atoms with Gasteiger partial charge in [0.2, 0.25) is 0 Å².